The van der Waals surface area contributed by atoms with E-state index in [0.717, 1.165) is 33.4 Å². The first-order valence-corrected chi connectivity index (χ1v) is 9.70. The number of rotatable bonds is 5. The van der Waals surface area contributed by atoms with E-state index in [0.29, 0.717) is 37.2 Å². The summed E-state index contributed by atoms with van der Waals surface area (Å²) in [4.78, 5) is 12.6. The molecule has 2 aromatic heterocycles. The predicted molar refractivity (Wildman–Crippen MR) is 113 cm³/mol. The minimum atomic E-state index is -0.159. The van der Waals surface area contributed by atoms with E-state index >= 15 is 0 Å². The fourth-order valence-corrected chi connectivity index (χ4v) is 3.64. The number of nitrogens with one attached hydrogen (secondary N) is 2. The van der Waals surface area contributed by atoms with Gasteiger partial charge in [0, 0.05) is 36.7 Å². The molecular formula is C23H24N4O2. The first-order chi connectivity index (χ1) is 14.0. The number of aromatic nitrogens is 2. The van der Waals surface area contributed by atoms with Crippen LogP contribution >= 0.6 is 0 Å². The Bertz CT molecular complexity index is 1110. The second kappa shape index (κ2) is 7.91. The molecule has 1 aromatic carbocycles. The number of carbonyl (C=O) groups is 1. The molecule has 6 nitrogen and oxygen atoms in total. The van der Waals surface area contributed by atoms with Gasteiger partial charge >= 0.3 is 0 Å². The number of allylic oxidation sites excluding steroid dienone is 2. The van der Waals surface area contributed by atoms with Crippen molar-refractivity contribution < 1.29 is 9.21 Å². The van der Waals surface area contributed by atoms with Gasteiger partial charge in [-0.1, -0.05) is 29.8 Å². The first kappa shape index (κ1) is 18.9. The Labute approximate surface area is 169 Å². The Morgan fingerprint density at radius 2 is 2.14 bits per heavy atom. The van der Waals surface area contributed by atoms with Gasteiger partial charge in [0.2, 0.25) is 0 Å². The lowest BCUT2D eigenvalue weighted by atomic mass is 10.0. The van der Waals surface area contributed by atoms with Crippen molar-refractivity contribution in [1.82, 2.24) is 15.1 Å². The molecule has 4 rings (SSSR count). The van der Waals surface area contributed by atoms with Gasteiger partial charge in [0.05, 0.1) is 18.3 Å². The fourth-order valence-electron chi connectivity index (χ4n) is 3.64. The van der Waals surface area contributed by atoms with Gasteiger partial charge < -0.3 is 15.1 Å². The van der Waals surface area contributed by atoms with Crippen LogP contribution in [0.2, 0.25) is 0 Å². The second-order valence-electron chi connectivity index (χ2n) is 7.49. The molecule has 0 radical (unpaired) electrons. The van der Waals surface area contributed by atoms with E-state index in [2.05, 4.69) is 16.5 Å². The number of fused-ring (bicyclic) bond motifs is 1. The van der Waals surface area contributed by atoms with Crippen LogP contribution in [0.3, 0.4) is 0 Å². The molecule has 6 heteroatoms. The lowest BCUT2D eigenvalue weighted by molar-refractivity contribution is 0.0957. The van der Waals surface area contributed by atoms with Crippen LogP contribution in [0.4, 0.5) is 0 Å². The number of carbonyl (C=O) groups excluding carboxylic acids is 1. The molecule has 0 fully saturated rings. The minimum absolute atomic E-state index is 0.159. The van der Waals surface area contributed by atoms with Crippen molar-refractivity contribution in [3.63, 3.8) is 0 Å². The smallest absolute Gasteiger partial charge is 0.254 e. The van der Waals surface area contributed by atoms with Gasteiger partial charge in [-0.3, -0.25) is 9.48 Å². The van der Waals surface area contributed by atoms with Gasteiger partial charge in [-0.15, -0.1) is 0 Å². The molecule has 148 valence electrons. The van der Waals surface area contributed by atoms with E-state index in [1.165, 1.54) is 0 Å². The minimum Gasteiger partial charge on any atom is -0.459 e. The molecule has 0 aliphatic heterocycles. The SMILES string of the molecule is CC1=CCC(=N)CC(C)=C1CNC(=O)c1cnn(Cc2cc3ccccc3o2)c1. The van der Waals surface area contributed by atoms with E-state index in [1.807, 2.05) is 44.2 Å². The first-order valence-electron chi connectivity index (χ1n) is 9.70. The zero-order chi connectivity index (χ0) is 20.4. The third kappa shape index (κ3) is 4.21. The highest BCUT2D eigenvalue weighted by Gasteiger charge is 2.15. The molecule has 3 aromatic rings. The molecule has 2 N–H and O–H groups in total. The van der Waals surface area contributed by atoms with Crippen LogP contribution in [0, 0.1) is 5.41 Å². The molecule has 1 aliphatic carbocycles. The van der Waals surface area contributed by atoms with E-state index in [9.17, 15) is 4.79 Å². The monoisotopic (exact) mass is 388 g/mol. The van der Waals surface area contributed by atoms with Crippen molar-refractivity contribution in [1.29, 1.82) is 5.41 Å². The zero-order valence-electron chi connectivity index (χ0n) is 16.7. The molecule has 0 bridgehead atoms. The summed E-state index contributed by atoms with van der Waals surface area (Å²) in [7, 11) is 0. The Morgan fingerprint density at radius 1 is 1.31 bits per heavy atom. The van der Waals surface area contributed by atoms with Gasteiger partial charge in [-0.05, 0) is 37.1 Å². The van der Waals surface area contributed by atoms with Crippen LogP contribution in [0.5, 0.6) is 0 Å². The van der Waals surface area contributed by atoms with Crippen LogP contribution in [0.15, 0.2) is 69.9 Å². The average molecular weight is 388 g/mol. The lowest BCUT2D eigenvalue weighted by Crippen LogP contribution is -2.26. The maximum absolute atomic E-state index is 12.6. The zero-order valence-corrected chi connectivity index (χ0v) is 16.7. The fraction of sp³-hybridized carbons (Fsp3) is 0.261. The highest BCUT2D eigenvalue weighted by Crippen LogP contribution is 2.22. The molecule has 0 unspecified atom stereocenters. The van der Waals surface area contributed by atoms with Crippen molar-refractivity contribution in [2.45, 2.75) is 33.2 Å². The number of benzene rings is 1. The molecule has 1 aliphatic rings. The average Bonchev–Trinajstić information content (AvgIpc) is 3.30. The molecule has 0 atom stereocenters. The van der Waals surface area contributed by atoms with Gasteiger partial charge in [-0.2, -0.15) is 5.10 Å². The Kier molecular flexibility index (Phi) is 5.16. The molecule has 2 heterocycles. The van der Waals surface area contributed by atoms with Crippen molar-refractivity contribution in [2.24, 2.45) is 0 Å². The van der Waals surface area contributed by atoms with Crippen LogP contribution < -0.4 is 5.32 Å². The van der Waals surface area contributed by atoms with Crippen molar-refractivity contribution >= 4 is 22.6 Å². The summed E-state index contributed by atoms with van der Waals surface area (Å²) >= 11 is 0. The molecule has 0 saturated heterocycles. The highest BCUT2D eigenvalue weighted by atomic mass is 16.3. The van der Waals surface area contributed by atoms with E-state index in [4.69, 9.17) is 9.83 Å². The predicted octanol–water partition coefficient (Wildman–Crippen LogP) is 4.48. The quantitative estimate of drug-likeness (QED) is 0.676. The third-order valence-corrected chi connectivity index (χ3v) is 5.24. The van der Waals surface area contributed by atoms with Crippen molar-refractivity contribution in [2.75, 3.05) is 6.54 Å². The maximum Gasteiger partial charge on any atom is 0.254 e. The molecule has 1 amide bonds. The number of amides is 1. The van der Waals surface area contributed by atoms with Gasteiger partial charge in [-0.25, -0.2) is 0 Å². The summed E-state index contributed by atoms with van der Waals surface area (Å²) in [5.74, 6) is 0.636. The Morgan fingerprint density at radius 3 is 2.97 bits per heavy atom. The summed E-state index contributed by atoms with van der Waals surface area (Å²) in [6.45, 7) is 4.99. The number of nitrogens with zero attached hydrogens (tertiary/aromatic N) is 2. The number of furan rings is 1. The maximum atomic E-state index is 12.6. The summed E-state index contributed by atoms with van der Waals surface area (Å²) in [5, 5.41) is 16.3. The number of para-hydroxylation sites is 1. The summed E-state index contributed by atoms with van der Waals surface area (Å²) in [6, 6.07) is 9.85. The number of hydrogen-bond donors (Lipinski definition) is 2. The standard InChI is InChI=1S/C23H24N4O2/c1-15-7-8-19(24)9-16(2)21(15)12-25-23(28)18-11-26-27(13-18)14-20-10-17-5-3-4-6-22(17)29-20/h3-7,10-11,13,24H,8-9,12,14H2,1-2H3,(H,25,28). The molecule has 0 spiro atoms. The van der Waals surface area contributed by atoms with Gasteiger partial charge in [0.15, 0.2) is 0 Å². The van der Waals surface area contributed by atoms with Gasteiger partial charge in [0.25, 0.3) is 5.91 Å². The second-order valence-corrected chi connectivity index (χ2v) is 7.49. The summed E-state index contributed by atoms with van der Waals surface area (Å²) < 4.78 is 7.53. The topological polar surface area (TPSA) is 83.9 Å². The summed E-state index contributed by atoms with van der Waals surface area (Å²) in [6.07, 6.45) is 6.70. The van der Waals surface area contributed by atoms with Crippen molar-refractivity contribution in [3.05, 3.63) is 76.8 Å². The third-order valence-electron chi connectivity index (χ3n) is 5.24. The van der Waals surface area contributed by atoms with E-state index in [-0.39, 0.29) is 5.91 Å². The van der Waals surface area contributed by atoms with E-state index in [1.54, 1.807) is 17.1 Å². The molecular weight excluding hydrogens is 364 g/mol. The summed E-state index contributed by atoms with van der Waals surface area (Å²) in [5.41, 5.74) is 5.44. The van der Waals surface area contributed by atoms with Crippen LogP contribution in [0.1, 0.15) is 42.8 Å². The van der Waals surface area contributed by atoms with Crippen molar-refractivity contribution in [3.8, 4) is 0 Å². The van der Waals surface area contributed by atoms with E-state index < -0.39 is 0 Å². The lowest BCUT2D eigenvalue weighted by Gasteiger charge is -2.12. The van der Waals surface area contributed by atoms with Crippen LogP contribution in [-0.2, 0) is 6.54 Å². The normalized spacial score (nSPS) is 14.8. The molecule has 29 heavy (non-hydrogen) atoms. The largest absolute Gasteiger partial charge is 0.459 e. The van der Waals surface area contributed by atoms with Gasteiger partial charge in [0.1, 0.15) is 11.3 Å². The Balaban J connectivity index is 1.42. The van der Waals surface area contributed by atoms with Crippen LogP contribution in [0.25, 0.3) is 11.0 Å². The highest BCUT2D eigenvalue weighted by molar-refractivity contribution is 5.94. The number of hydrogen-bond acceptors (Lipinski definition) is 4. The Hall–Kier alpha value is -3.41. The molecule has 0 saturated carbocycles. The van der Waals surface area contributed by atoms with Crippen LogP contribution in [-0.4, -0.2) is 27.9 Å².